The Labute approximate surface area is 194 Å². The van der Waals surface area contributed by atoms with Crippen LogP contribution in [0.1, 0.15) is 58.3 Å². The van der Waals surface area contributed by atoms with Gasteiger partial charge in [-0.25, -0.2) is 0 Å². The molecule has 2 aromatic heterocycles. The number of amides is 1. The highest BCUT2D eigenvalue weighted by Crippen LogP contribution is 2.36. The van der Waals surface area contributed by atoms with Gasteiger partial charge < -0.3 is 9.84 Å². The number of aliphatic hydroxyl groups is 1. The molecule has 0 bridgehead atoms. The molecule has 7 heteroatoms. The number of benzene rings is 1. The first-order valence-corrected chi connectivity index (χ1v) is 11.6. The van der Waals surface area contributed by atoms with E-state index in [2.05, 4.69) is 23.1 Å². The minimum absolute atomic E-state index is 0.0448. The van der Waals surface area contributed by atoms with Crippen molar-refractivity contribution in [2.75, 3.05) is 6.73 Å². The number of hydrogen-bond acceptors (Lipinski definition) is 5. The van der Waals surface area contributed by atoms with Gasteiger partial charge in [0.25, 0.3) is 5.91 Å². The highest BCUT2D eigenvalue weighted by molar-refractivity contribution is 5.99. The maximum absolute atomic E-state index is 13.4. The molecule has 1 aromatic carbocycles. The van der Waals surface area contributed by atoms with Crippen molar-refractivity contribution in [3.05, 3.63) is 64.6 Å². The van der Waals surface area contributed by atoms with Gasteiger partial charge in [0.1, 0.15) is 5.75 Å². The Balaban J connectivity index is 1.42. The van der Waals surface area contributed by atoms with Gasteiger partial charge in [0.05, 0.1) is 29.6 Å². The van der Waals surface area contributed by atoms with Crippen molar-refractivity contribution in [1.82, 2.24) is 19.7 Å². The molecule has 0 saturated heterocycles. The van der Waals surface area contributed by atoms with E-state index < -0.39 is 6.10 Å². The highest BCUT2D eigenvalue weighted by Gasteiger charge is 2.37. The molecule has 1 N–H and O–H groups in total. The van der Waals surface area contributed by atoms with Crippen LogP contribution >= 0.6 is 0 Å². The average Bonchev–Trinajstić information content (AvgIpc) is 3.25. The van der Waals surface area contributed by atoms with Gasteiger partial charge in [0.15, 0.2) is 6.73 Å². The molecule has 1 saturated carbocycles. The summed E-state index contributed by atoms with van der Waals surface area (Å²) in [4.78, 5) is 19.8. The summed E-state index contributed by atoms with van der Waals surface area (Å²) >= 11 is 0. The molecule has 7 nitrogen and oxygen atoms in total. The number of carbonyl (C=O) groups is 1. The van der Waals surface area contributed by atoms with Gasteiger partial charge >= 0.3 is 0 Å². The topological polar surface area (TPSA) is 80.5 Å². The monoisotopic (exact) mass is 446 g/mol. The van der Waals surface area contributed by atoms with E-state index in [0.717, 1.165) is 59.2 Å². The summed E-state index contributed by atoms with van der Waals surface area (Å²) in [6, 6.07) is 5.88. The van der Waals surface area contributed by atoms with Gasteiger partial charge in [-0.1, -0.05) is 18.9 Å². The molecule has 1 fully saturated rings. The second kappa shape index (κ2) is 8.63. The van der Waals surface area contributed by atoms with Crippen LogP contribution in [0.3, 0.4) is 0 Å². The molecular formula is C26H30N4O3. The molecule has 2 atom stereocenters. The summed E-state index contributed by atoms with van der Waals surface area (Å²) in [6.45, 7) is 4.29. The molecule has 0 radical (unpaired) electrons. The summed E-state index contributed by atoms with van der Waals surface area (Å²) in [5, 5.41) is 14.7. The maximum atomic E-state index is 13.4. The highest BCUT2D eigenvalue weighted by atomic mass is 16.5. The quantitative estimate of drug-likeness (QED) is 0.660. The van der Waals surface area contributed by atoms with Crippen molar-refractivity contribution in [3.63, 3.8) is 0 Å². The van der Waals surface area contributed by atoms with Gasteiger partial charge in [0, 0.05) is 25.0 Å². The second-order valence-corrected chi connectivity index (χ2v) is 9.26. The predicted molar refractivity (Wildman–Crippen MR) is 125 cm³/mol. The fourth-order valence-electron chi connectivity index (χ4n) is 5.01. The fraction of sp³-hybridized carbons (Fsp3) is 0.423. The molecule has 33 heavy (non-hydrogen) atoms. The summed E-state index contributed by atoms with van der Waals surface area (Å²) < 4.78 is 7.83. The van der Waals surface area contributed by atoms with E-state index >= 15 is 0 Å². The number of hydrogen-bond donors (Lipinski definition) is 1. The Bertz CT molecular complexity index is 1180. The first-order chi connectivity index (χ1) is 15.9. The zero-order valence-electron chi connectivity index (χ0n) is 19.4. The molecule has 1 aliphatic carbocycles. The molecule has 0 unspecified atom stereocenters. The molecule has 1 aliphatic heterocycles. The zero-order chi connectivity index (χ0) is 23.1. The van der Waals surface area contributed by atoms with Crippen LogP contribution in [0, 0.1) is 13.8 Å². The first-order valence-electron chi connectivity index (χ1n) is 11.6. The number of aryl methyl sites for hydroxylation is 1. The van der Waals surface area contributed by atoms with E-state index in [-0.39, 0.29) is 18.7 Å². The fourth-order valence-corrected chi connectivity index (χ4v) is 5.01. The second-order valence-electron chi connectivity index (χ2n) is 9.26. The molecule has 0 spiro atoms. The average molecular weight is 447 g/mol. The van der Waals surface area contributed by atoms with Gasteiger partial charge in [0.2, 0.25) is 0 Å². The van der Waals surface area contributed by atoms with Crippen LogP contribution in [0.2, 0.25) is 0 Å². The Morgan fingerprint density at radius 2 is 1.97 bits per heavy atom. The van der Waals surface area contributed by atoms with Crippen LogP contribution < -0.4 is 4.74 Å². The minimum atomic E-state index is -0.483. The van der Waals surface area contributed by atoms with Crippen molar-refractivity contribution in [3.8, 4) is 17.0 Å². The number of ether oxygens (including phenoxy) is 1. The Morgan fingerprint density at radius 3 is 2.67 bits per heavy atom. The van der Waals surface area contributed by atoms with Crippen LogP contribution in [0.15, 0.2) is 36.8 Å². The molecule has 1 amide bonds. The maximum Gasteiger partial charge on any atom is 0.260 e. The summed E-state index contributed by atoms with van der Waals surface area (Å²) in [6.07, 6.45) is 9.42. The van der Waals surface area contributed by atoms with E-state index in [9.17, 15) is 9.90 Å². The lowest BCUT2D eigenvalue weighted by atomic mass is 9.89. The van der Waals surface area contributed by atoms with Crippen molar-refractivity contribution in [1.29, 1.82) is 0 Å². The van der Waals surface area contributed by atoms with E-state index in [1.165, 1.54) is 0 Å². The van der Waals surface area contributed by atoms with Crippen LogP contribution in [0.5, 0.6) is 5.75 Å². The van der Waals surface area contributed by atoms with Crippen molar-refractivity contribution < 1.29 is 14.6 Å². The third kappa shape index (κ3) is 4.02. The SMILES string of the molecule is Cc1c(Cc2ccc(-c3cnn(C)c3)nc2)cc2c(c1C)OCN([C@@H]1CCCC[C@H]1O)C2=O. The van der Waals surface area contributed by atoms with E-state index in [1.807, 2.05) is 38.5 Å². The number of carbonyl (C=O) groups excluding carboxylic acids is 1. The third-order valence-corrected chi connectivity index (χ3v) is 7.10. The number of aliphatic hydroxyl groups excluding tert-OH is 1. The molecular weight excluding hydrogens is 416 g/mol. The van der Waals surface area contributed by atoms with Gasteiger partial charge in [-0.05, 0) is 67.5 Å². The van der Waals surface area contributed by atoms with Crippen molar-refractivity contribution >= 4 is 5.91 Å². The Morgan fingerprint density at radius 1 is 1.15 bits per heavy atom. The predicted octanol–water partition coefficient (Wildman–Crippen LogP) is 3.79. The summed E-state index contributed by atoms with van der Waals surface area (Å²) in [7, 11) is 1.89. The van der Waals surface area contributed by atoms with Crippen LogP contribution in [-0.4, -0.2) is 49.6 Å². The van der Waals surface area contributed by atoms with Crippen LogP contribution in [0.4, 0.5) is 0 Å². The van der Waals surface area contributed by atoms with E-state index in [1.54, 1.807) is 15.8 Å². The summed E-state index contributed by atoms with van der Waals surface area (Å²) in [5.41, 5.74) is 6.76. The van der Waals surface area contributed by atoms with Crippen LogP contribution in [0.25, 0.3) is 11.3 Å². The molecule has 3 aromatic rings. The first kappa shape index (κ1) is 21.6. The van der Waals surface area contributed by atoms with Gasteiger partial charge in [-0.3, -0.25) is 19.4 Å². The number of rotatable bonds is 4. The Kier molecular flexibility index (Phi) is 5.66. The van der Waals surface area contributed by atoms with E-state index in [4.69, 9.17) is 4.74 Å². The van der Waals surface area contributed by atoms with Crippen molar-refractivity contribution in [2.45, 2.75) is 58.1 Å². The lowest BCUT2D eigenvalue weighted by Crippen LogP contribution is -2.52. The molecule has 2 aliphatic rings. The normalized spacial score (nSPS) is 20.5. The number of pyridine rings is 1. The largest absolute Gasteiger partial charge is 0.472 e. The Hall–Kier alpha value is -3.19. The van der Waals surface area contributed by atoms with E-state index in [0.29, 0.717) is 17.7 Å². The van der Waals surface area contributed by atoms with Crippen molar-refractivity contribution in [2.24, 2.45) is 7.05 Å². The molecule has 3 heterocycles. The summed E-state index contributed by atoms with van der Waals surface area (Å²) in [5.74, 6) is 0.629. The third-order valence-electron chi connectivity index (χ3n) is 7.10. The smallest absolute Gasteiger partial charge is 0.260 e. The lowest BCUT2D eigenvalue weighted by Gasteiger charge is -2.40. The molecule has 172 valence electrons. The number of fused-ring (bicyclic) bond motifs is 1. The van der Waals surface area contributed by atoms with Crippen LogP contribution in [-0.2, 0) is 13.5 Å². The standard InChI is InChI=1S/C26H30N4O3/c1-16-17(2)25-21(26(32)30(15-33-25)23-6-4-5-7-24(23)31)11-19(16)10-18-8-9-22(27-12-18)20-13-28-29(3)14-20/h8-9,11-14,23-24,31H,4-7,10,15H2,1-3H3/t23-,24-/m1/s1. The zero-order valence-corrected chi connectivity index (χ0v) is 19.4. The van der Waals surface area contributed by atoms with Gasteiger partial charge in [-0.15, -0.1) is 0 Å². The molecule has 5 rings (SSSR count). The van der Waals surface area contributed by atoms with Gasteiger partial charge in [-0.2, -0.15) is 5.10 Å². The lowest BCUT2D eigenvalue weighted by molar-refractivity contribution is -0.0126. The minimum Gasteiger partial charge on any atom is -0.472 e. The number of aromatic nitrogens is 3. The number of nitrogens with zero attached hydrogens (tertiary/aromatic N) is 4.